The molecule has 0 aliphatic carbocycles. The summed E-state index contributed by atoms with van der Waals surface area (Å²) in [5.74, 6) is 1.17. The zero-order valence-corrected chi connectivity index (χ0v) is 20.5. The first-order valence-corrected chi connectivity index (χ1v) is 12.6. The third-order valence-corrected chi connectivity index (χ3v) is 6.34. The van der Waals surface area contributed by atoms with Crippen LogP contribution in [-0.4, -0.2) is 55.3 Å². The second kappa shape index (κ2) is 12.0. The smallest absolute Gasteiger partial charge is 0.230 e. The van der Waals surface area contributed by atoms with E-state index in [1.165, 1.54) is 5.56 Å². The molecule has 1 aromatic heterocycles. The molecule has 0 bridgehead atoms. The average Bonchev–Trinajstić information content (AvgIpc) is 3.30. The van der Waals surface area contributed by atoms with Crippen LogP contribution in [0.1, 0.15) is 25.1 Å². The molecule has 7 nitrogen and oxygen atoms in total. The minimum absolute atomic E-state index is 0.121. The van der Waals surface area contributed by atoms with E-state index in [0.29, 0.717) is 30.4 Å². The maximum atomic E-state index is 12.6. The highest BCUT2D eigenvalue weighted by Crippen LogP contribution is 2.31. The predicted octanol–water partition coefficient (Wildman–Crippen LogP) is 4.62. The summed E-state index contributed by atoms with van der Waals surface area (Å²) in [6.45, 7) is 9.32. The largest absolute Gasteiger partial charge is 0.490 e. The molecule has 1 N–H and O–H groups in total. The van der Waals surface area contributed by atoms with Gasteiger partial charge in [0.05, 0.1) is 38.5 Å². The Balaban J connectivity index is 1.38. The number of rotatable bonds is 10. The zero-order valence-electron chi connectivity index (χ0n) is 19.7. The Labute approximate surface area is 204 Å². The van der Waals surface area contributed by atoms with Crippen molar-refractivity contribution < 1.29 is 19.0 Å². The standard InChI is InChI=1S/C26H31N3O4S/c1-3-32-23-9-8-21(15-24(23)33-4-2)27-25(30)16-22-18-34-26(28-22)20-7-5-6-19(14-20)17-29-10-12-31-13-11-29/h5-9,14-15,18H,3-4,10-13,16-17H2,1-2H3,(H,27,30). The van der Waals surface area contributed by atoms with Crippen molar-refractivity contribution in [2.75, 3.05) is 44.8 Å². The van der Waals surface area contributed by atoms with Crippen LogP contribution in [-0.2, 0) is 22.5 Å². The zero-order chi connectivity index (χ0) is 23.8. The van der Waals surface area contributed by atoms with Gasteiger partial charge in [-0.15, -0.1) is 11.3 Å². The maximum Gasteiger partial charge on any atom is 0.230 e. The maximum absolute atomic E-state index is 12.6. The van der Waals surface area contributed by atoms with Crippen LogP contribution in [0.5, 0.6) is 11.5 Å². The van der Waals surface area contributed by atoms with Crippen molar-refractivity contribution in [1.82, 2.24) is 9.88 Å². The first kappa shape index (κ1) is 24.2. The quantitative estimate of drug-likeness (QED) is 0.456. The summed E-state index contributed by atoms with van der Waals surface area (Å²) in [6, 6.07) is 13.9. The van der Waals surface area contributed by atoms with Gasteiger partial charge in [-0.3, -0.25) is 9.69 Å². The van der Waals surface area contributed by atoms with Gasteiger partial charge < -0.3 is 19.5 Å². The number of amides is 1. The van der Waals surface area contributed by atoms with E-state index in [2.05, 4.69) is 34.5 Å². The number of carbonyl (C=O) groups is 1. The average molecular weight is 482 g/mol. The molecule has 0 atom stereocenters. The van der Waals surface area contributed by atoms with Crippen molar-refractivity contribution in [1.29, 1.82) is 0 Å². The van der Waals surface area contributed by atoms with Gasteiger partial charge in [-0.2, -0.15) is 0 Å². The van der Waals surface area contributed by atoms with E-state index < -0.39 is 0 Å². The molecule has 1 aliphatic heterocycles. The molecule has 1 amide bonds. The van der Waals surface area contributed by atoms with Crippen LogP contribution in [0.25, 0.3) is 10.6 Å². The molecule has 0 saturated carbocycles. The molecule has 180 valence electrons. The van der Waals surface area contributed by atoms with Crippen molar-refractivity contribution in [3.63, 3.8) is 0 Å². The Morgan fingerprint density at radius 2 is 1.88 bits per heavy atom. The van der Waals surface area contributed by atoms with Crippen molar-refractivity contribution >= 4 is 22.9 Å². The molecule has 1 fully saturated rings. The van der Waals surface area contributed by atoms with Gasteiger partial charge in [-0.25, -0.2) is 4.98 Å². The molecule has 4 rings (SSSR count). The number of hydrogen-bond acceptors (Lipinski definition) is 7. The first-order valence-electron chi connectivity index (χ1n) is 11.7. The lowest BCUT2D eigenvalue weighted by Gasteiger charge is -2.26. The van der Waals surface area contributed by atoms with E-state index in [1.807, 2.05) is 31.4 Å². The monoisotopic (exact) mass is 481 g/mol. The van der Waals surface area contributed by atoms with Gasteiger partial charge in [0.2, 0.25) is 5.91 Å². The lowest BCUT2D eigenvalue weighted by atomic mass is 10.1. The fourth-order valence-corrected chi connectivity index (χ4v) is 4.66. The minimum Gasteiger partial charge on any atom is -0.490 e. The van der Waals surface area contributed by atoms with Crippen molar-refractivity contribution in [2.45, 2.75) is 26.8 Å². The number of ether oxygens (including phenoxy) is 3. The van der Waals surface area contributed by atoms with Gasteiger partial charge >= 0.3 is 0 Å². The molecule has 0 unspecified atom stereocenters. The second-order valence-corrected chi connectivity index (χ2v) is 8.84. The number of morpholine rings is 1. The van der Waals surface area contributed by atoms with Crippen LogP contribution in [0.3, 0.4) is 0 Å². The Morgan fingerprint density at radius 3 is 2.68 bits per heavy atom. The summed E-state index contributed by atoms with van der Waals surface area (Å²) in [5.41, 5.74) is 3.76. The number of nitrogens with one attached hydrogen (secondary N) is 1. The van der Waals surface area contributed by atoms with Gasteiger partial charge in [0.15, 0.2) is 11.5 Å². The van der Waals surface area contributed by atoms with Crippen molar-refractivity contribution in [3.05, 3.63) is 59.1 Å². The summed E-state index contributed by atoms with van der Waals surface area (Å²) in [4.78, 5) is 19.8. The Morgan fingerprint density at radius 1 is 1.09 bits per heavy atom. The summed E-state index contributed by atoms with van der Waals surface area (Å²) in [5, 5.41) is 5.81. The molecule has 8 heteroatoms. The van der Waals surface area contributed by atoms with Crippen LogP contribution in [0.15, 0.2) is 47.8 Å². The van der Waals surface area contributed by atoms with Gasteiger partial charge in [-0.05, 0) is 37.6 Å². The first-order chi connectivity index (χ1) is 16.6. The van der Waals surface area contributed by atoms with E-state index in [1.54, 1.807) is 17.4 Å². The third kappa shape index (κ3) is 6.56. The Bertz CT molecular complexity index is 1100. The highest BCUT2D eigenvalue weighted by Gasteiger charge is 2.14. The highest BCUT2D eigenvalue weighted by molar-refractivity contribution is 7.13. The summed E-state index contributed by atoms with van der Waals surface area (Å²) in [6.07, 6.45) is 0.209. The van der Waals surface area contributed by atoms with Gasteiger partial charge in [0.25, 0.3) is 0 Å². The van der Waals surface area contributed by atoms with Crippen molar-refractivity contribution in [2.24, 2.45) is 0 Å². The van der Waals surface area contributed by atoms with Crippen LogP contribution >= 0.6 is 11.3 Å². The molecule has 34 heavy (non-hydrogen) atoms. The number of benzene rings is 2. The fraction of sp³-hybridized carbons (Fsp3) is 0.385. The lowest BCUT2D eigenvalue weighted by molar-refractivity contribution is -0.115. The van der Waals surface area contributed by atoms with Crippen molar-refractivity contribution in [3.8, 4) is 22.1 Å². The van der Waals surface area contributed by atoms with E-state index >= 15 is 0 Å². The fourth-order valence-electron chi connectivity index (χ4n) is 3.84. The Hall–Kier alpha value is -2.94. The topological polar surface area (TPSA) is 72.9 Å². The van der Waals surface area contributed by atoms with E-state index in [4.69, 9.17) is 19.2 Å². The van der Waals surface area contributed by atoms with Gasteiger partial charge in [0, 0.05) is 42.3 Å². The molecular formula is C26H31N3O4S. The Kier molecular flexibility index (Phi) is 8.51. The summed E-state index contributed by atoms with van der Waals surface area (Å²) >= 11 is 1.56. The molecule has 0 spiro atoms. The normalized spacial score (nSPS) is 14.1. The second-order valence-electron chi connectivity index (χ2n) is 7.99. The molecule has 1 saturated heterocycles. The SMILES string of the molecule is CCOc1ccc(NC(=O)Cc2csc(-c3cccc(CN4CCOCC4)c3)n2)cc1OCC. The van der Waals surface area contributed by atoms with Gasteiger partial charge in [-0.1, -0.05) is 18.2 Å². The summed E-state index contributed by atoms with van der Waals surface area (Å²) < 4.78 is 16.7. The van der Waals surface area contributed by atoms with Crippen LogP contribution in [0.2, 0.25) is 0 Å². The van der Waals surface area contributed by atoms with E-state index in [9.17, 15) is 4.79 Å². The number of hydrogen-bond donors (Lipinski definition) is 1. The van der Waals surface area contributed by atoms with E-state index in [0.717, 1.165) is 49.1 Å². The molecule has 1 aliphatic rings. The minimum atomic E-state index is -0.121. The molecule has 2 heterocycles. The number of carbonyl (C=O) groups excluding carboxylic acids is 1. The van der Waals surface area contributed by atoms with Crippen LogP contribution in [0.4, 0.5) is 5.69 Å². The van der Waals surface area contributed by atoms with Gasteiger partial charge in [0.1, 0.15) is 5.01 Å². The number of thiazole rings is 1. The predicted molar refractivity (Wildman–Crippen MR) is 135 cm³/mol. The lowest BCUT2D eigenvalue weighted by Crippen LogP contribution is -2.35. The third-order valence-electron chi connectivity index (χ3n) is 5.40. The summed E-state index contributed by atoms with van der Waals surface area (Å²) in [7, 11) is 0. The molecule has 2 aromatic carbocycles. The number of aromatic nitrogens is 1. The number of nitrogens with zero attached hydrogens (tertiary/aromatic N) is 2. The number of anilines is 1. The molecular weight excluding hydrogens is 450 g/mol. The highest BCUT2D eigenvalue weighted by atomic mass is 32.1. The molecule has 3 aromatic rings. The van der Waals surface area contributed by atoms with Crippen LogP contribution < -0.4 is 14.8 Å². The van der Waals surface area contributed by atoms with Crippen LogP contribution in [0, 0.1) is 0 Å². The molecule has 0 radical (unpaired) electrons. The van der Waals surface area contributed by atoms with E-state index in [-0.39, 0.29) is 12.3 Å².